The lowest BCUT2D eigenvalue weighted by Crippen LogP contribution is -2.01. The van der Waals surface area contributed by atoms with E-state index in [4.69, 9.17) is 11.0 Å². The first-order valence-corrected chi connectivity index (χ1v) is 4.37. The Labute approximate surface area is 78.2 Å². The number of pyridine rings is 1. The van der Waals surface area contributed by atoms with Crippen LogP contribution < -0.4 is 5.73 Å². The predicted octanol–water partition coefficient (Wildman–Crippen LogP) is 1.04. The van der Waals surface area contributed by atoms with E-state index in [1.807, 2.05) is 12.1 Å². The van der Waals surface area contributed by atoms with Gasteiger partial charge in [-0.05, 0) is 31.0 Å². The number of aryl methyl sites for hydroxylation is 1. The molecular formula is C10H13N3. The average molecular weight is 175 g/mol. The van der Waals surface area contributed by atoms with E-state index in [2.05, 4.69) is 11.1 Å². The third kappa shape index (κ3) is 3.22. The summed E-state index contributed by atoms with van der Waals surface area (Å²) in [7, 11) is 0. The summed E-state index contributed by atoms with van der Waals surface area (Å²) in [4.78, 5) is 4.23. The Bertz CT molecular complexity index is 284. The quantitative estimate of drug-likeness (QED) is 0.743. The van der Waals surface area contributed by atoms with Gasteiger partial charge in [0.1, 0.15) is 0 Å². The highest BCUT2D eigenvalue weighted by atomic mass is 14.7. The van der Waals surface area contributed by atoms with Crippen LogP contribution in [0.15, 0.2) is 18.3 Å². The monoisotopic (exact) mass is 175 g/mol. The minimum atomic E-state index is 0.435. The normalized spacial score (nSPS) is 9.54. The van der Waals surface area contributed by atoms with Crippen LogP contribution in [0, 0.1) is 11.3 Å². The molecule has 0 aliphatic carbocycles. The van der Waals surface area contributed by atoms with E-state index < -0.39 is 0 Å². The van der Waals surface area contributed by atoms with E-state index >= 15 is 0 Å². The van der Waals surface area contributed by atoms with Crippen molar-refractivity contribution < 1.29 is 0 Å². The van der Waals surface area contributed by atoms with Crippen LogP contribution in [0.1, 0.15) is 17.7 Å². The van der Waals surface area contributed by atoms with Crippen LogP contribution in [-0.2, 0) is 12.8 Å². The van der Waals surface area contributed by atoms with Gasteiger partial charge in [-0.2, -0.15) is 5.26 Å². The van der Waals surface area contributed by atoms with Gasteiger partial charge in [-0.1, -0.05) is 6.07 Å². The second-order valence-corrected chi connectivity index (χ2v) is 2.88. The first-order valence-electron chi connectivity index (χ1n) is 4.37. The van der Waals surface area contributed by atoms with Gasteiger partial charge < -0.3 is 5.73 Å². The SMILES string of the molecule is N#CCc1ccc(CCCN)nc1. The standard InChI is InChI=1S/C10H13N3/c11-6-1-2-10-4-3-9(5-7-12)8-13-10/h3-4,8H,1-2,5-6,11H2. The number of rotatable bonds is 4. The fourth-order valence-corrected chi connectivity index (χ4v) is 1.08. The molecule has 0 aromatic carbocycles. The van der Waals surface area contributed by atoms with E-state index in [0.29, 0.717) is 13.0 Å². The number of hydrogen-bond donors (Lipinski definition) is 1. The molecule has 13 heavy (non-hydrogen) atoms. The number of nitrogens with two attached hydrogens (primary N) is 1. The lowest BCUT2D eigenvalue weighted by atomic mass is 10.1. The van der Waals surface area contributed by atoms with Crippen LogP contribution in [0.4, 0.5) is 0 Å². The number of hydrogen-bond acceptors (Lipinski definition) is 3. The van der Waals surface area contributed by atoms with Gasteiger partial charge in [0.25, 0.3) is 0 Å². The molecule has 0 atom stereocenters. The van der Waals surface area contributed by atoms with E-state index in [-0.39, 0.29) is 0 Å². The molecule has 68 valence electrons. The summed E-state index contributed by atoms with van der Waals surface area (Å²) < 4.78 is 0. The largest absolute Gasteiger partial charge is 0.330 e. The van der Waals surface area contributed by atoms with Crippen molar-refractivity contribution in [2.75, 3.05) is 6.54 Å². The molecular weight excluding hydrogens is 162 g/mol. The van der Waals surface area contributed by atoms with E-state index in [1.165, 1.54) is 0 Å². The average Bonchev–Trinajstić information content (AvgIpc) is 2.17. The summed E-state index contributed by atoms with van der Waals surface area (Å²) in [5.74, 6) is 0. The molecule has 1 aromatic rings. The predicted molar refractivity (Wildman–Crippen MR) is 50.9 cm³/mol. The van der Waals surface area contributed by atoms with Crippen molar-refractivity contribution in [3.05, 3.63) is 29.6 Å². The van der Waals surface area contributed by atoms with Gasteiger partial charge in [-0.15, -0.1) is 0 Å². The zero-order valence-corrected chi connectivity index (χ0v) is 7.53. The van der Waals surface area contributed by atoms with Crippen LogP contribution in [0.3, 0.4) is 0 Å². The van der Waals surface area contributed by atoms with Crippen molar-refractivity contribution in [1.82, 2.24) is 4.98 Å². The van der Waals surface area contributed by atoms with Gasteiger partial charge in [-0.25, -0.2) is 0 Å². The molecule has 0 aliphatic rings. The molecule has 0 amide bonds. The van der Waals surface area contributed by atoms with Gasteiger partial charge in [0.05, 0.1) is 12.5 Å². The van der Waals surface area contributed by atoms with Crippen LogP contribution in [0.2, 0.25) is 0 Å². The van der Waals surface area contributed by atoms with Gasteiger partial charge >= 0.3 is 0 Å². The maximum Gasteiger partial charge on any atom is 0.0670 e. The molecule has 0 unspecified atom stereocenters. The number of aromatic nitrogens is 1. The Hall–Kier alpha value is -1.40. The maximum absolute atomic E-state index is 8.44. The lowest BCUT2D eigenvalue weighted by Gasteiger charge is -1.99. The Balaban J connectivity index is 2.55. The topological polar surface area (TPSA) is 62.7 Å². The smallest absolute Gasteiger partial charge is 0.0670 e. The summed E-state index contributed by atoms with van der Waals surface area (Å²) >= 11 is 0. The van der Waals surface area contributed by atoms with Crippen molar-refractivity contribution in [1.29, 1.82) is 5.26 Å². The van der Waals surface area contributed by atoms with Gasteiger partial charge in [0.15, 0.2) is 0 Å². The summed E-state index contributed by atoms with van der Waals surface area (Å²) in [6.07, 6.45) is 4.08. The van der Waals surface area contributed by atoms with Crippen molar-refractivity contribution in [2.24, 2.45) is 5.73 Å². The zero-order chi connectivity index (χ0) is 9.52. The highest BCUT2D eigenvalue weighted by Crippen LogP contribution is 2.02. The fraction of sp³-hybridized carbons (Fsp3) is 0.400. The number of nitrogens with zero attached hydrogens (tertiary/aromatic N) is 2. The highest BCUT2D eigenvalue weighted by Gasteiger charge is 1.95. The van der Waals surface area contributed by atoms with Gasteiger partial charge in [0, 0.05) is 11.9 Å². The molecule has 1 rings (SSSR count). The maximum atomic E-state index is 8.44. The Morgan fingerprint density at radius 3 is 2.85 bits per heavy atom. The van der Waals surface area contributed by atoms with E-state index in [0.717, 1.165) is 24.1 Å². The molecule has 0 bridgehead atoms. The second kappa shape index (κ2) is 5.28. The minimum absolute atomic E-state index is 0.435. The van der Waals surface area contributed by atoms with E-state index in [9.17, 15) is 0 Å². The summed E-state index contributed by atoms with van der Waals surface area (Å²) in [5, 5.41) is 8.44. The van der Waals surface area contributed by atoms with Crippen molar-refractivity contribution >= 4 is 0 Å². The molecule has 0 aliphatic heterocycles. The Kier molecular flexibility index (Phi) is 3.94. The Morgan fingerprint density at radius 2 is 2.31 bits per heavy atom. The third-order valence-electron chi connectivity index (χ3n) is 1.81. The third-order valence-corrected chi connectivity index (χ3v) is 1.81. The molecule has 0 saturated carbocycles. The molecule has 0 spiro atoms. The van der Waals surface area contributed by atoms with Gasteiger partial charge in [0.2, 0.25) is 0 Å². The van der Waals surface area contributed by atoms with Crippen molar-refractivity contribution in [2.45, 2.75) is 19.3 Å². The number of nitriles is 1. The minimum Gasteiger partial charge on any atom is -0.330 e. The van der Waals surface area contributed by atoms with Gasteiger partial charge in [-0.3, -0.25) is 4.98 Å². The Morgan fingerprint density at radius 1 is 1.46 bits per heavy atom. The first kappa shape index (κ1) is 9.69. The van der Waals surface area contributed by atoms with E-state index in [1.54, 1.807) is 6.20 Å². The summed E-state index contributed by atoms with van der Waals surface area (Å²) in [6, 6.07) is 5.99. The molecule has 3 nitrogen and oxygen atoms in total. The summed E-state index contributed by atoms with van der Waals surface area (Å²) in [6.45, 7) is 0.696. The molecule has 2 N–H and O–H groups in total. The van der Waals surface area contributed by atoms with Crippen molar-refractivity contribution in [3.8, 4) is 6.07 Å². The first-order chi connectivity index (χ1) is 6.36. The second-order valence-electron chi connectivity index (χ2n) is 2.88. The molecule has 3 heteroatoms. The molecule has 0 radical (unpaired) electrons. The molecule has 1 aromatic heterocycles. The van der Waals surface area contributed by atoms with Crippen LogP contribution in [-0.4, -0.2) is 11.5 Å². The van der Waals surface area contributed by atoms with Crippen LogP contribution >= 0.6 is 0 Å². The molecule has 1 heterocycles. The van der Waals surface area contributed by atoms with Crippen molar-refractivity contribution in [3.63, 3.8) is 0 Å². The lowest BCUT2D eigenvalue weighted by molar-refractivity contribution is 0.809. The summed E-state index contributed by atoms with van der Waals surface area (Å²) in [5.41, 5.74) is 7.40. The molecule has 0 saturated heterocycles. The van der Waals surface area contributed by atoms with Crippen LogP contribution in [0.5, 0.6) is 0 Å². The zero-order valence-electron chi connectivity index (χ0n) is 7.53. The fourth-order valence-electron chi connectivity index (χ4n) is 1.08. The highest BCUT2D eigenvalue weighted by molar-refractivity contribution is 5.17. The van der Waals surface area contributed by atoms with Crippen LogP contribution in [0.25, 0.3) is 0 Å². The molecule has 0 fully saturated rings.